The minimum atomic E-state index is -3.46. The number of ether oxygens (including phenoxy) is 1. The van der Waals surface area contributed by atoms with E-state index in [0.29, 0.717) is 32.5 Å². The molecule has 7 heteroatoms. The molecule has 0 atom stereocenters. The number of carbonyl (C=O) groups excluding carboxylic acids is 1. The first kappa shape index (κ1) is 20.9. The molecule has 0 aromatic heterocycles. The van der Waals surface area contributed by atoms with Gasteiger partial charge in [0, 0.05) is 38.2 Å². The molecule has 2 aromatic rings. The van der Waals surface area contributed by atoms with E-state index in [1.165, 1.54) is 4.31 Å². The Morgan fingerprint density at radius 3 is 2.50 bits per heavy atom. The zero-order valence-electron chi connectivity index (χ0n) is 17.1. The van der Waals surface area contributed by atoms with Crippen molar-refractivity contribution >= 4 is 15.9 Å². The van der Waals surface area contributed by atoms with Crippen LogP contribution in [0.2, 0.25) is 0 Å². The fraction of sp³-hybridized carbons (Fsp3) is 0.435. The van der Waals surface area contributed by atoms with Crippen LogP contribution in [0, 0.1) is 0 Å². The number of nitrogens with zero attached hydrogens (tertiary/aromatic N) is 2. The molecule has 0 saturated carbocycles. The number of carbonyl (C=O) groups is 1. The molecule has 1 saturated heterocycles. The van der Waals surface area contributed by atoms with Crippen LogP contribution in [0.5, 0.6) is 5.75 Å². The van der Waals surface area contributed by atoms with Gasteiger partial charge in [-0.25, -0.2) is 8.42 Å². The Morgan fingerprint density at radius 1 is 0.967 bits per heavy atom. The molecule has 30 heavy (non-hydrogen) atoms. The quantitative estimate of drug-likeness (QED) is 0.710. The molecule has 0 radical (unpaired) electrons. The van der Waals surface area contributed by atoms with Crippen molar-refractivity contribution in [2.24, 2.45) is 0 Å². The zero-order chi connectivity index (χ0) is 21.0. The second kappa shape index (κ2) is 9.18. The van der Waals surface area contributed by atoms with Gasteiger partial charge in [-0.15, -0.1) is 0 Å². The fourth-order valence-corrected chi connectivity index (χ4v) is 5.55. The number of sulfonamides is 1. The Balaban J connectivity index is 1.45. The summed E-state index contributed by atoms with van der Waals surface area (Å²) in [5.74, 6) is 0.903. The first-order chi connectivity index (χ1) is 14.5. The molecule has 6 nitrogen and oxygen atoms in total. The highest BCUT2D eigenvalue weighted by molar-refractivity contribution is 7.88. The summed E-state index contributed by atoms with van der Waals surface area (Å²) in [6.07, 6.45) is 3.32. The molecule has 0 spiro atoms. The summed E-state index contributed by atoms with van der Waals surface area (Å²) in [6, 6.07) is 15.1. The Labute approximate surface area is 178 Å². The molecule has 0 unspecified atom stereocenters. The summed E-state index contributed by atoms with van der Waals surface area (Å²) in [5, 5.41) is 0. The normalized spacial score (nSPS) is 17.3. The maximum Gasteiger partial charge on any atom is 0.222 e. The summed E-state index contributed by atoms with van der Waals surface area (Å²) in [5.41, 5.74) is 2.67. The van der Waals surface area contributed by atoms with Crippen LogP contribution >= 0.6 is 0 Å². The van der Waals surface area contributed by atoms with Crippen molar-refractivity contribution in [3.63, 3.8) is 0 Å². The Kier molecular flexibility index (Phi) is 6.39. The zero-order valence-corrected chi connectivity index (χ0v) is 17.9. The van der Waals surface area contributed by atoms with Gasteiger partial charge in [0.2, 0.25) is 15.9 Å². The number of rotatable bonds is 6. The molecular formula is C23H28N2O4S. The lowest BCUT2D eigenvalue weighted by Gasteiger charge is -2.20. The minimum absolute atomic E-state index is 0.0206. The van der Waals surface area contributed by atoms with E-state index in [9.17, 15) is 13.2 Å². The van der Waals surface area contributed by atoms with Crippen LogP contribution in [0.25, 0.3) is 0 Å². The van der Waals surface area contributed by atoms with Crippen molar-refractivity contribution < 1.29 is 17.9 Å². The molecule has 160 valence electrons. The summed E-state index contributed by atoms with van der Waals surface area (Å²) in [6.45, 7) is 2.68. The highest BCUT2D eigenvalue weighted by Crippen LogP contribution is 2.27. The highest BCUT2D eigenvalue weighted by Gasteiger charge is 2.26. The number of hydrogen-bond acceptors (Lipinski definition) is 4. The molecule has 0 N–H and O–H groups in total. The van der Waals surface area contributed by atoms with Gasteiger partial charge in [0.15, 0.2) is 0 Å². The molecule has 1 fully saturated rings. The summed E-state index contributed by atoms with van der Waals surface area (Å²) in [4.78, 5) is 14.3. The van der Waals surface area contributed by atoms with E-state index in [2.05, 4.69) is 0 Å². The van der Waals surface area contributed by atoms with Gasteiger partial charge in [-0.3, -0.25) is 4.79 Å². The first-order valence-electron chi connectivity index (χ1n) is 10.6. The highest BCUT2D eigenvalue weighted by atomic mass is 32.2. The van der Waals surface area contributed by atoms with Gasteiger partial charge >= 0.3 is 0 Å². The van der Waals surface area contributed by atoms with E-state index in [-0.39, 0.29) is 11.7 Å². The number of likely N-dealkylation sites (tertiary alicyclic amines) is 1. The van der Waals surface area contributed by atoms with Gasteiger partial charge in [-0.05, 0) is 36.5 Å². The summed E-state index contributed by atoms with van der Waals surface area (Å²) >= 11 is 0. The van der Waals surface area contributed by atoms with Crippen LogP contribution in [0.3, 0.4) is 0 Å². The topological polar surface area (TPSA) is 66.9 Å². The molecule has 1 amide bonds. The Hall–Kier alpha value is -2.38. The number of hydrogen-bond donors (Lipinski definition) is 0. The van der Waals surface area contributed by atoms with Crippen LogP contribution in [-0.2, 0) is 33.5 Å². The lowest BCUT2D eigenvalue weighted by molar-refractivity contribution is -0.130. The van der Waals surface area contributed by atoms with Crippen LogP contribution in [0.15, 0.2) is 48.5 Å². The standard InChI is InChI=1S/C23H28N2O4S/c26-23(24-12-4-5-13-24)11-9-19-8-10-22-21(16-19)17-25(14-15-29-22)30(27,28)18-20-6-2-1-3-7-20/h1-3,6-8,10,16H,4-5,9,11-15,17-18H2. The number of benzene rings is 2. The van der Waals surface area contributed by atoms with Crippen molar-refractivity contribution in [3.05, 3.63) is 65.2 Å². The van der Waals surface area contributed by atoms with E-state index in [4.69, 9.17) is 4.74 Å². The lowest BCUT2D eigenvalue weighted by atomic mass is 10.0. The van der Waals surface area contributed by atoms with Gasteiger partial charge in [-0.1, -0.05) is 42.5 Å². The smallest absolute Gasteiger partial charge is 0.222 e. The average Bonchev–Trinajstić information content (AvgIpc) is 3.19. The molecule has 2 aliphatic rings. The summed E-state index contributed by atoms with van der Waals surface area (Å²) in [7, 11) is -3.46. The molecule has 2 aliphatic heterocycles. The predicted octanol–water partition coefficient (Wildman–Crippen LogP) is 2.97. The third-order valence-corrected chi connectivity index (χ3v) is 7.54. The van der Waals surface area contributed by atoms with E-state index in [1.807, 2.05) is 53.4 Å². The second-order valence-corrected chi connectivity index (χ2v) is 9.92. The van der Waals surface area contributed by atoms with Gasteiger partial charge in [0.25, 0.3) is 0 Å². The SMILES string of the molecule is O=C(CCc1ccc2c(c1)CN(S(=O)(=O)Cc1ccccc1)CCO2)N1CCCC1. The molecule has 2 heterocycles. The molecule has 4 rings (SSSR count). The summed E-state index contributed by atoms with van der Waals surface area (Å²) < 4.78 is 33.3. The van der Waals surface area contributed by atoms with Gasteiger partial charge in [0.05, 0.1) is 5.75 Å². The average molecular weight is 429 g/mol. The maximum absolute atomic E-state index is 13.0. The van der Waals surface area contributed by atoms with Crippen molar-refractivity contribution in [1.82, 2.24) is 9.21 Å². The van der Waals surface area contributed by atoms with Gasteiger partial charge in [0.1, 0.15) is 12.4 Å². The minimum Gasteiger partial charge on any atom is -0.492 e. The molecule has 0 bridgehead atoms. The van der Waals surface area contributed by atoms with Crippen LogP contribution < -0.4 is 4.74 Å². The van der Waals surface area contributed by atoms with Crippen molar-refractivity contribution in [2.75, 3.05) is 26.2 Å². The second-order valence-electron chi connectivity index (χ2n) is 7.95. The van der Waals surface area contributed by atoms with Gasteiger partial charge in [-0.2, -0.15) is 4.31 Å². The molecule has 2 aromatic carbocycles. The fourth-order valence-electron chi connectivity index (χ4n) is 4.07. The lowest BCUT2D eigenvalue weighted by Crippen LogP contribution is -2.33. The van der Waals surface area contributed by atoms with E-state index >= 15 is 0 Å². The van der Waals surface area contributed by atoms with Crippen molar-refractivity contribution in [2.45, 2.75) is 38.0 Å². The van der Waals surface area contributed by atoms with Gasteiger partial charge < -0.3 is 9.64 Å². The third kappa shape index (κ3) is 5.02. The van der Waals surface area contributed by atoms with Crippen molar-refractivity contribution in [1.29, 1.82) is 0 Å². The van der Waals surface area contributed by atoms with E-state index in [0.717, 1.165) is 48.4 Å². The largest absolute Gasteiger partial charge is 0.492 e. The van der Waals surface area contributed by atoms with Crippen LogP contribution in [0.4, 0.5) is 0 Å². The van der Waals surface area contributed by atoms with Crippen molar-refractivity contribution in [3.8, 4) is 5.75 Å². The van der Waals surface area contributed by atoms with E-state index in [1.54, 1.807) is 0 Å². The number of aryl methyl sites for hydroxylation is 1. The van der Waals surface area contributed by atoms with E-state index < -0.39 is 10.0 Å². The third-order valence-electron chi connectivity index (χ3n) is 5.74. The van der Waals surface area contributed by atoms with Crippen LogP contribution in [0.1, 0.15) is 36.0 Å². The predicted molar refractivity (Wildman–Crippen MR) is 116 cm³/mol. The molecule has 0 aliphatic carbocycles. The first-order valence-corrected chi connectivity index (χ1v) is 12.2. The Bertz CT molecular complexity index is 986. The number of fused-ring (bicyclic) bond motifs is 1. The molecular weight excluding hydrogens is 400 g/mol. The maximum atomic E-state index is 13.0. The number of amides is 1. The Morgan fingerprint density at radius 2 is 1.73 bits per heavy atom. The monoisotopic (exact) mass is 428 g/mol. The van der Waals surface area contributed by atoms with Crippen LogP contribution in [-0.4, -0.2) is 49.8 Å².